The molecule has 0 fully saturated rings. The van der Waals surface area contributed by atoms with E-state index >= 15 is 0 Å². The lowest BCUT2D eigenvalue weighted by Crippen LogP contribution is -2.30. The van der Waals surface area contributed by atoms with Crippen molar-refractivity contribution in [2.45, 2.75) is 13.1 Å². The van der Waals surface area contributed by atoms with Gasteiger partial charge in [0.2, 0.25) is 0 Å². The average Bonchev–Trinajstić information content (AvgIpc) is 2.08. The summed E-state index contributed by atoms with van der Waals surface area (Å²) in [7, 11) is 0. The SMILES string of the molecule is CC(CNCCOCC(F)(F)F)C(=O)O. The molecule has 0 saturated carbocycles. The maximum atomic E-state index is 11.6. The highest BCUT2D eigenvalue weighted by atomic mass is 19.4. The molecule has 0 spiro atoms. The van der Waals surface area contributed by atoms with Crippen LogP contribution in [0.4, 0.5) is 13.2 Å². The molecule has 4 nitrogen and oxygen atoms in total. The van der Waals surface area contributed by atoms with Crippen LogP contribution in [0.5, 0.6) is 0 Å². The van der Waals surface area contributed by atoms with Crippen molar-refractivity contribution < 1.29 is 27.8 Å². The molecule has 90 valence electrons. The van der Waals surface area contributed by atoms with Gasteiger partial charge in [-0.05, 0) is 0 Å². The number of aliphatic carboxylic acids is 1. The average molecular weight is 229 g/mol. The largest absolute Gasteiger partial charge is 0.481 e. The standard InChI is InChI=1S/C8H14F3NO3/c1-6(7(13)14)4-12-2-3-15-5-8(9,10)11/h6,12H,2-5H2,1H3,(H,13,14). The van der Waals surface area contributed by atoms with Crippen molar-refractivity contribution in [3.8, 4) is 0 Å². The van der Waals surface area contributed by atoms with Gasteiger partial charge in [-0.25, -0.2) is 0 Å². The molecule has 0 saturated heterocycles. The number of hydrogen-bond acceptors (Lipinski definition) is 3. The van der Waals surface area contributed by atoms with Crippen LogP contribution in [0.25, 0.3) is 0 Å². The van der Waals surface area contributed by atoms with Gasteiger partial charge in [-0.2, -0.15) is 13.2 Å². The molecule has 1 unspecified atom stereocenters. The van der Waals surface area contributed by atoms with Gasteiger partial charge in [0.1, 0.15) is 6.61 Å². The number of carbonyl (C=O) groups is 1. The van der Waals surface area contributed by atoms with E-state index in [0.29, 0.717) is 0 Å². The van der Waals surface area contributed by atoms with Crippen LogP contribution in [0.2, 0.25) is 0 Å². The molecular weight excluding hydrogens is 215 g/mol. The van der Waals surface area contributed by atoms with Crippen molar-refractivity contribution in [3.63, 3.8) is 0 Å². The molecule has 2 N–H and O–H groups in total. The van der Waals surface area contributed by atoms with Crippen molar-refractivity contribution in [1.29, 1.82) is 0 Å². The van der Waals surface area contributed by atoms with Crippen LogP contribution < -0.4 is 5.32 Å². The van der Waals surface area contributed by atoms with Crippen molar-refractivity contribution in [2.75, 3.05) is 26.3 Å². The quantitative estimate of drug-likeness (QED) is 0.636. The van der Waals surface area contributed by atoms with Gasteiger partial charge in [0.25, 0.3) is 0 Å². The fourth-order valence-electron chi connectivity index (χ4n) is 0.738. The van der Waals surface area contributed by atoms with Gasteiger partial charge in [-0.15, -0.1) is 0 Å². The highest BCUT2D eigenvalue weighted by Crippen LogP contribution is 2.13. The lowest BCUT2D eigenvalue weighted by atomic mass is 10.2. The van der Waals surface area contributed by atoms with E-state index in [1.54, 1.807) is 0 Å². The van der Waals surface area contributed by atoms with E-state index in [4.69, 9.17) is 5.11 Å². The number of carboxylic acids is 1. The van der Waals surface area contributed by atoms with Crippen LogP contribution >= 0.6 is 0 Å². The molecule has 0 rings (SSSR count). The topological polar surface area (TPSA) is 58.6 Å². The van der Waals surface area contributed by atoms with Gasteiger partial charge in [0.05, 0.1) is 12.5 Å². The predicted molar refractivity (Wildman–Crippen MR) is 46.5 cm³/mol. The molecular formula is C8H14F3NO3. The van der Waals surface area contributed by atoms with Crippen LogP contribution in [0.3, 0.4) is 0 Å². The third-order valence-electron chi connectivity index (χ3n) is 1.56. The molecule has 0 aromatic rings. The van der Waals surface area contributed by atoms with Crippen LogP contribution in [0.1, 0.15) is 6.92 Å². The van der Waals surface area contributed by atoms with Gasteiger partial charge in [0.15, 0.2) is 0 Å². The molecule has 0 aromatic heterocycles. The minimum atomic E-state index is -4.31. The zero-order valence-electron chi connectivity index (χ0n) is 8.30. The normalized spacial score (nSPS) is 13.9. The molecule has 15 heavy (non-hydrogen) atoms. The summed E-state index contributed by atoms with van der Waals surface area (Å²) in [5.74, 6) is -1.51. The maximum Gasteiger partial charge on any atom is 0.411 e. The second kappa shape index (κ2) is 6.62. The maximum absolute atomic E-state index is 11.6. The Morgan fingerprint density at radius 3 is 2.60 bits per heavy atom. The lowest BCUT2D eigenvalue weighted by Gasteiger charge is -2.09. The number of carboxylic acid groups (broad SMARTS) is 1. The number of alkyl halides is 3. The first kappa shape index (κ1) is 14.2. The fraction of sp³-hybridized carbons (Fsp3) is 0.875. The highest BCUT2D eigenvalue weighted by molar-refractivity contribution is 5.69. The van der Waals surface area contributed by atoms with E-state index < -0.39 is 24.7 Å². The monoisotopic (exact) mass is 229 g/mol. The van der Waals surface area contributed by atoms with Crippen molar-refractivity contribution >= 4 is 5.97 Å². The summed E-state index contributed by atoms with van der Waals surface area (Å²) < 4.78 is 39.0. The smallest absolute Gasteiger partial charge is 0.411 e. The second-order valence-electron chi connectivity index (χ2n) is 3.11. The number of hydrogen-bond donors (Lipinski definition) is 2. The number of nitrogens with one attached hydrogen (secondary N) is 1. The summed E-state index contributed by atoms with van der Waals surface area (Å²) in [6.45, 7) is 0.555. The van der Waals surface area contributed by atoms with Crippen LogP contribution in [-0.4, -0.2) is 43.6 Å². The van der Waals surface area contributed by atoms with E-state index in [1.165, 1.54) is 6.92 Å². The molecule has 7 heteroatoms. The van der Waals surface area contributed by atoms with Crippen LogP contribution in [-0.2, 0) is 9.53 Å². The van der Waals surface area contributed by atoms with Crippen LogP contribution in [0, 0.1) is 5.92 Å². The van der Waals surface area contributed by atoms with E-state index in [2.05, 4.69) is 10.1 Å². The number of ether oxygens (including phenoxy) is 1. The summed E-state index contributed by atoms with van der Waals surface area (Å²) >= 11 is 0. The summed E-state index contributed by atoms with van der Waals surface area (Å²) in [5, 5.41) is 11.2. The fourth-order valence-corrected chi connectivity index (χ4v) is 0.738. The summed E-state index contributed by atoms with van der Waals surface area (Å²) in [6.07, 6.45) is -4.31. The second-order valence-corrected chi connectivity index (χ2v) is 3.11. The van der Waals surface area contributed by atoms with Gasteiger partial charge in [-0.1, -0.05) is 6.92 Å². The van der Waals surface area contributed by atoms with Crippen molar-refractivity contribution in [2.24, 2.45) is 5.92 Å². The van der Waals surface area contributed by atoms with E-state index in [0.717, 1.165) is 0 Å². The predicted octanol–water partition coefficient (Wildman–Crippen LogP) is 0.876. The van der Waals surface area contributed by atoms with Crippen LogP contribution in [0.15, 0.2) is 0 Å². The summed E-state index contributed by atoms with van der Waals surface area (Å²) in [6, 6.07) is 0. The molecule has 0 bridgehead atoms. The first-order chi connectivity index (χ1) is 6.83. The Labute approximate surface area is 85.4 Å². The first-order valence-corrected chi connectivity index (χ1v) is 4.41. The Kier molecular flexibility index (Phi) is 6.26. The molecule has 0 aliphatic heterocycles. The lowest BCUT2D eigenvalue weighted by molar-refractivity contribution is -0.173. The molecule has 1 atom stereocenters. The van der Waals surface area contributed by atoms with E-state index in [-0.39, 0.29) is 19.7 Å². The minimum absolute atomic E-state index is 0.0914. The van der Waals surface area contributed by atoms with Crippen molar-refractivity contribution in [1.82, 2.24) is 5.32 Å². The first-order valence-electron chi connectivity index (χ1n) is 4.41. The zero-order chi connectivity index (χ0) is 11.9. The number of halogens is 3. The Balaban J connectivity index is 3.29. The third-order valence-corrected chi connectivity index (χ3v) is 1.56. The van der Waals surface area contributed by atoms with Gasteiger partial charge >= 0.3 is 12.1 Å². The van der Waals surface area contributed by atoms with E-state index in [9.17, 15) is 18.0 Å². The van der Waals surface area contributed by atoms with Crippen molar-refractivity contribution in [3.05, 3.63) is 0 Å². The summed E-state index contributed by atoms with van der Waals surface area (Å²) in [5.41, 5.74) is 0. The Morgan fingerprint density at radius 2 is 2.13 bits per heavy atom. The van der Waals surface area contributed by atoms with Gasteiger partial charge in [-0.3, -0.25) is 4.79 Å². The van der Waals surface area contributed by atoms with Gasteiger partial charge in [0, 0.05) is 13.1 Å². The number of rotatable bonds is 7. The zero-order valence-corrected chi connectivity index (χ0v) is 8.30. The molecule has 0 aliphatic rings. The third kappa shape index (κ3) is 9.48. The Morgan fingerprint density at radius 1 is 1.53 bits per heavy atom. The molecule has 0 amide bonds. The van der Waals surface area contributed by atoms with E-state index in [1.807, 2.05) is 0 Å². The Bertz CT molecular complexity index is 196. The Hall–Kier alpha value is -0.820. The molecule has 0 aromatic carbocycles. The molecule has 0 heterocycles. The highest BCUT2D eigenvalue weighted by Gasteiger charge is 2.27. The summed E-state index contributed by atoms with van der Waals surface area (Å²) in [4.78, 5) is 10.3. The molecule has 0 aliphatic carbocycles. The van der Waals surface area contributed by atoms with Gasteiger partial charge < -0.3 is 15.2 Å². The molecule has 0 radical (unpaired) electrons. The minimum Gasteiger partial charge on any atom is -0.481 e.